The minimum atomic E-state index is -0.326. The number of para-hydroxylation sites is 1. The van der Waals surface area contributed by atoms with Crippen molar-refractivity contribution in [2.75, 3.05) is 11.9 Å². The van der Waals surface area contributed by atoms with Gasteiger partial charge in [0, 0.05) is 12.6 Å². The van der Waals surface area contributed by atoms with E-state index in [0.717, 1.165) is 0 Å². The van der Waals surface area contributed by atoms with Crippen molar-refractivity contribution in [2.24, 2.45) is 0 Å². The third-order valence-electron chi connectivity index (χ3n) is 3.78. The number of nitrogens with one attached hydrogen (secondary N) is 3. The number of hydrogen-bond donors (Lipinski definition) is 3. The van der Waals surface area contributed by atoms with Crippen molar-refractivity contribution < 1.29 is 9.59 Å². The maximum absolute atomic E-state index is 12.5. The van der Waals surface area contributed by atoms with Crippen molar-refractivity contribution in [3.05, 3.63) is 65.7 Å². The van der Waals surface area contributed by atoms with E-state index in [2.05, 4.69) is 22.9 Å². The molecule has 2 aromatic carbocycles. The smallest absolute Gasteiger partial charge is 0.319 e. The monoisotopic (exact) mass is 339 g/mol. The van der Waals surface area contributed by atoms with Crippen LogP contribution in [0.5, 0.6) is 0 Å². The van der Waals surface area contributed by atoms with Crippen LogP contribution in [0.25, 0.3) is 0 Å². The van der Waals surface area contributed by atoms with E-state index in [9.17, 15) is 9.59 Å². The zero-order chi connectivity index (χ0) is 18.2. The largest absolute Gasteiger partial charge is 0.351 e. The lowest BCUT2D eigenvalue weighted by Gasteiger charge is -2.16. The maximum atomic E-state index is 12.5. The van der Waals surface area contributed by atoms with E-state index < -0.39 is 0 Å². The summed E-state index contributed by atoms with van der Waals surface area (Å²) >= 11 is 0. The van der Waals surface area contributed by atoms with E-state index in [-0.39, 0.29) is 23.9 Å². The first-order chi connectivity index (χ1) is 12.0. The third-order valence-corrected chi connectivity index (χ3v) is 3.78. The molecule has 0 aliphatic carbocycles. The molecule has 2 aromatic rings. The molecule has 2 rings (SSSR count). The molecule has 0 saturated carbocycles. The molecule has 0 fully saturated rings. The predicted molar refractivity (Wildman–Crippen MR) is 101 cm³/mol. The molecule has 0 aromatic heterocycles. The van der Waals surface area contributed by atoms with E-state index in [4.69, 9.17) is 0 Å². The summed E-state index contributed by atoms with van der Waals surface area (Å²) in [6.07, 6.45) is 0. The highest BCUT2D eigenvalue weighted by atomic mass is 16.2. The summed E-state index contributed by atoms with van der Waals surface area (Å²) in [5.74, 6) is -0.00209. The van der Waals surface area contributed by atoms with E-state index in [1.807, 2.05) is 44.2 Å². The van der Waals surface area contributed by atoms with Crippen LogP contribution in [0.15, 0.2) is 54.6 Å². The van der Waals surface area contributed by atoms with Crippen LogP contribution in [0.3, 0.4) is 0 Å². The molecule has 25 heavy (non-hydrogen) atoms. The summed E-state index contributed by atoms with van der Waals surface area (Å²) in [5.41, 5.74) is 2.11. The lowest BCUT2D eigenvalue weighted by molar-refractivity contribution is 0.0952. The van der Waals surface area contributed by atoms with Crippen molar-refractivity contribution in [1.29, 1.82) is 0 Å². The van der Waals surface area contributed by atoms with E-state index in [1.165, 1.54) is 5.56 Å². The highest BCUT2D eigenvalue weighted by molar-refractivity contribution is 6.03. The Balaban J connectivity index is 2.00. The zero-order valence-electron chi connectivity index (χ0n) is 14.9. The van der Waals surface area contributed by atoms with Gasteiger partial charge in [-0.05, 0) is 37.5 Å². The van der Waals surface area contributed by atoms with Gasteiger partial charge in [-0.1, -0.05) is 49.4 Å². The van der Waals surface area contributed by atoms with Crippen molar-refractivity contribution >= 4 is 17.6 Å². The van der Waals surface area contributed by atoms with Gasteiger partial charge in [0.15, 0.2) is 0 Å². The molecule has 5 heteroatoms. The van der Waals surface area contributed by atoms with Gasteiger partial charge in [0.05, 0.1) is 11.3 Å². The molecular weight excluding hydrogens is 314 g/mol. The van der Waals surface area contributed by atoms with Gasteiger partial charge in [0.2, 0.25) is 0 Å². The SMILES string of the molecule is CC(C)NC(=O)Nc1ccccc1C(=O)NCC(C)c1ccccc1. The average Bonchev–Trinajstić information content (AvgIpc) is 2.60. The second-order valence-electron chi connectivity index (χ2n) is 6.32. The van der Waals surface area contributed by atoms with Crippen molar-refractivity contribution in [2.45, 2.75) is 32.7 Å². The molecule has 0 saturated heterocycles. The quantitative estimate of drug-likeness (QED) is 0.750. The van der Waals surface area contributed by atoms with E-state index >= 15 is 0 Å². The second-order valence-corrected chi connectivity index (χ2v) is 6.32. The number of amides is 3. The summed E-state index contributed by atoms with van der Waals surface area (Å²) in [7, 11) is 0. The number of anilines is 1. The molecule has 3 amide bonds. The predicted octanol–water partition coefficient (Wildman–Crippen LogP) is 3.75. The fourth-order valence-corrected chi connectivity index (χ4v) is 2.45. The molecule has 132 valence electrons. The highest BCUT2D eigenvalue weighted by Gasteiger charge is 2.14. The Morgan fingerprint density at radius 1 is 0.920 bits per heavy atom. The number of rotatable bonds is 6. The lowest BCUT2D eigenvalue weighted by atomic mass is 10.0. The van der Waals surface area contributed by atoms with Crippen LogP contribution in [0.1, 0.15) is 42.6 Å². The Hall–Kier alpha value is -2.82. The second kappa shape index (κ2) is 8.87. The van der Waals surface area contributed by atoms with Crippen LogP contribution in [-0.2, 0) is 0 Å². The maximum Gasteiger partial charge on any atom is 0.319 e. The molecule has 5 nitrogen and oxygen atoms in total. The number of hydrogen-bond acceptors (Lipinski definition) is 2. The van der Waals surface area contributed by atoms with Gasteiger partial charge >= 0.3 is 6.03 Å². The number of carbonyl (C=O) groups excluding carboxylic acids is 2. The molecule has 1 atom stereocenters. The van der Waals surface area contributed by atoms with Crippen LogP contribution in [0.2, 0.25) is 0 Å². The summed E-state index contributed by atoms with van der Waals surface area (Å²) in [4.78, 5) is 24.4. The fourth-order valence-electron chi connectivity index (χ4n) is 2.45. The van der Waals surface area contributed by atoms with Crippen LogP contribution in [-0.4, -0.2) is 24.5 Å². The van der Waals surface area contributed by atoms with E-state index in [1.54, 1.807) is 24.3 Å². The number of carbonyl (C=O) groups is 2. The molecule has 0 radical (unpaired) electrons. The highest BCUT2D eigenvalue weighted by Crippen LogP contribution is 2.17. The van der Waals surface area contributed by atoms with Gasteiger partial charge in [0.1, 0.15) is 0 Å². The number of benzene rings is 2. The minimum Gasteiger partial charge on any atom is -0.351 e. The van der Waals surface area contributed by atoms with Crippen LogP contribution in [0.4, 0.5) is 10.5 Å². The normalized spacial score (nSPS) is 11.7. The van der Waals surface area contributed by atoms with Gasteiger partial charge in [-0.2, -0.15) is 0 Å². The Kier molecular flexibility index (Phi) is 6.57. The third kappa shape index (κ3) is 5.64. The summed E-state index contributed by atoms with van der Waals surface area (Å²) in [6.45, 7) is 6.34. The zero-order valence-corrected chi connectivity index (χ0v) is 14.9. The first-order valence-electron chi connectivity index (χ1n) is 8.47. The summed E-state index contributed by atoms with van der Waals surface area (Å²) in [5, 5.41) is 8.42. The van der Waals surface area contributed by atoms with Gasteiger partial charge in [0.25, 0.3) is 5.91 Å². The average molecular weight is 339 g/mol. The topological polar surface area (TPSA) is 70.2 Å². The molecule has 3 N–H and O–H groups in total. The first-order valence-corrected chi connectivity index (χ1v) is 8.47. The summed E-state index contributed by atoms with van der Waals surface area (Å²) in [6, 6.07) is 16.7. The molecule has 0 aliphatic heterocycles. The standard InChI is InChI=1S/C20H25N3O2/c1-14(2)22-20(25)23-18-12-8-7-11-17(18)19(24)21-13-15(3)16-9-5-4-6-10-16/h4-12,14-15H,13H2,1-3H3,(H,21,24)(H2,22,23,25). The first kappa shape index (κ1) is 18.5. The molecular formula is C20H25N3O2. The van der Waals surface area contributed by atoms with Crippen LogP contribution < -0.4 is 16.0 Å². The van der Waals surface area contributed by atoms with Gasteiger partial charge in [-0.15, -0.1) is 0 Å². The molecule has 0 heterocycles. The van der Waals surface area contributed by atoms with Gasteiger partial charge < -0.3 is 16.0 Å². The number of urea groups is 1. The Labute approximate surface area is 148 Å². The molecule has 0 spiro atoms. The fraction of sp³-hybridized carbons (Fsp3) is 0.300. The van der Waals surface area contributed by atoms with E-state index in [0.29, 0.717) is 17.8 Å². The molecule has 0 aliphatic rings. The van der Waals surface area contributed by atoms with Gasteiger partial charge in [-0.25, -0.2) is 4.79 Å². The van der Waals surface area contributed by atoms with Crippen LogP contribution >= 0.6 is 0 Å². The van der Waals surface area contributed by atoms with Crippen molar-refractivity contribution in [1.82, 2.24) is 10.6 Å². The lowest BCUT2D eigenvalue weighted by Crippen LogP contribution is -2.35. The van der Waals surface area contributed by atoms with Crippen molar-refractivity contribution in [3.8, 4) is 0 Å². The Morgan fingerprint density at radius 3 is 2.24 bits per heavy atom. The molecule has 1 unspecified atom stereocenters. The Bertz CT molecular complexity index is 714. The molecule has 0 bridgehead atoms. The minimum absolute atomic E-state index is 0.0210. The summed E-state index contributed by atoms with van der Waals surface area (Å²) < 4.78 is 0. The van der Waals surface area contributed by atoms with Gasteiger partial charge in [-0.3, -0.25) is 4.79 Å². The van der Waals surface area contributed by atoms with Crippen LogP contribution in [0, 0.1) is 0 Å². The Morgan fingerprint density at radius 2 is 1.56 bits per heavy atom. The van der Waals surface area contributed by atoms with Crippen molar-refractivity contribution in [3.63, 3.8) is 0 Å².